The van der Waals surface area contributed by atoms with E-state index in [1.807, 2.05) is 24.3 Å². The van der Waals surface area contributed by atoms with Crippen molar-refractivity contribution in [2.24, 2.45) is 0 Å². The molecule has 0 fully saturated rings. The summed E-state index contributed by atoms with van der Waals surface area (Å²) in [7, 11) is 0. The van der Waals surface area contributed by atoms with Crippen LogP contribution in [-0.2, 0) is 16.0 Å². The molecule has 2 aromatic carbocycles. The largest absolute Gasteiger partial charge is 0.508 e. The predicted octanol–water partition coefficient (Wildman–Crippen LogP) is 3.14. The third-order valence-corrected chi connectivity index (χ3v) is 3.74. The fourth-order valence-electron chi connectivity index (χ4n) is 2.43. The molecule has 6 heteroatoms. The van der Waals surface area contributed by atoms with E-state index in [-0.39, 0.29) is 11.7 Å². The molecule has 128 valence electrons. The lowest BCUT2D eigenvalue weighted by Gasteiger charge is -2.03. The van der Waals surface area contributed by atoms with Crippen LogP contribution in [0.25, 0.3) is 17.1 Å². The molecule has 0 aliphatic heterocycles. The molecule has 3 rings (SSSR count). The summed E-state index contributed by atoms with van der Waals surface area (Å²) in [5.41, 5.74) is 2.79. The molecule has 3 aromatic rings. The van der Waals surface area contributed by atoms with Gasteiger partial charge in [-0.1, -0.05) is 24.3 Å². The zero-order chi connectivity index (χ0) is 17.6. The zero-order valence-corrected chi connectivity index (χ0v) is 13.9. The Morgan fingerprint density at radius 3 is 2.52 bits per heavy atom. The van der Waals surface area contributed by atoms with Crippen LogP contribution in [-0.4, -0.2) is 32.4 Å². The number of carbonyl (C=O) groups excluding carboxylic acids is 1. The topological polar surface area (TPSA) is 77.2 Å². The summed E-state index contributed by atoms with van der Waals surface area (Å²) >= 11 is 0. The van der Waals surface area contributed by atoms with Crippen LogP contribution in [0.3, 0.4) is 0 Å². The van der Waals surface area contributed by atoms with Gasteiger partial charge < -0.3 is 9.84 Å². The van der Waals surface area contributed by atoms with E-state index in [2.05, 4.69) is 10.1 Å². The van der Waals surface area contributed by atoms with Crippen LogP contribution >= 0.6 is 0 Å². The van der Waals surface area contributed by atoms with E-state index in [0.29, 0.717) is 25.3 Å². The Bertz CT molecular complexity index is 839. The number of hydrogen-bond acceptors (Lipinski definition) is 5. The molecule has 25 heavy (non-hydrogen) atoms. The first-order valence-corrected chi connectivity index (χ1v) is 8.11. The monoisotopic (exact) mass is 337 g/mol. The third kappa shape index (κ3) is 4.23. The van der Waals surface area contributed by atoms with Crippen molar-refractivity contribution in [3.8, 4) is 22.8 Å². The fraction of sp³-hybridized carbons (Fsp3) is 0.211. The van der Waals surface area contributed by atoms with Crippen molar-refractivity contribution in [3.63, 3.8) is 0 Å². The first-order chi connectivity index (χ1) is 12.2. The Morgan fingerprint density at radius 1 is 1.12 bits per heavy atom. The van der Waals surface area contributed by atoms with E-state index in [0.717, 1.165) is 16.8 Å². The molecule has 0 aliphatic rings. The smallest absolute Gasteiger partial charge is 0.306 e. The second-order valence-electron chi connectivity index (χ2n) is 5.53. The average molecular weight is 337 g/mol. The molecule has 1 heterocycles. The van der Waals surface area contributed by atoms with Gasteiger partial charge in [-0.15, -0.1) is 5.10 Å². The number of aryl methyl sites for hydroxylation is 1. The number of hydrogen-bond donors (Lipinski definition) is 1. The SMILES string of the molecule is CCOC(=O)CCc1ccc(-c2ncn(-c3ccc(O)cc3)n2)cc1. The normalized spacial score (nSPS) is 10.6. The average Bonchev–Trinajstić information content (AvgIpc) is 3.11. The maximum absolute atomic E-state index is 11.4. The van der Waals surface area contributed by atoms with Crippen molar-refractivity contribution in [1.82, 2.24) is 14.8 Å². The lowest BCUT2D eigenvalue weighted by molar-refractivity contribution is -0.143. The third-order valence-electron chi connectivity index (χ3n) is 3.74. The maximum atomic E-state index is 11.4. The summed E-state index contributed by atoms with van der Waals surface area (Å²) in [5.74, 6) is 0.647. The molecule has 0 bridgehead atoms. The first kappa shape index (κ1) is 16.7. The number of aromatic nitrogens is 3. The molecule has 0 aliphatic carbocycles. The minimum Gasteiger partial charge on any atom is -0.508 e. The summed E-state index contributed by atoms with van der Waals surface area (Å²) in [6.45, 7) is 2.21. The molecule has 0 spiro atoms. The van der Waals surface area contributed by atoms with Crippen molar-refractivity contribution < 1.29 is 14.6 Å². The van der Waals surface area contributed by atoms with Gasteiger partial charge in [0.1, 0.15) is 12.1 Å². The number of ether oxygens (including phenoxy) is 1. The van der Waals surface area contributed by atoms with Gasteiger partial charge in [0, 0.05) is 12.0 Å². The molecule has 0 saturated carbocycles. The highest BCUT2D eigenvalue weighted by molar-refractivity contribution is 5.69. The van der Waals surface area contributed by atoms with E-state index in [1.54, 1.807) is 42.2 Å². The predicted molar refractivity (Wildman–Crippen MR) is 93.4 cm³/mol. The Labute approximate surface area is 145 Å². The Hall–Kier alpha value is -3.15. The van der Waals surface area contributed by atoms with Crippen LogP contribution in [0.5, 0.6) is 5.75 Å². The van der Waals surface area contributed by atoms with Gasteiger partial charge in [-0.05, 0) is 43.2 Å². The Morgan fingerprint density at radius 2 is 1.84 bits per heavy atom. The fourth-order valence-corrected chi connectivity index (χ4v) is 2.43. The van der Waals surface area contributed by atoms with Gasteiger partial charge in [0.05, 0.1) is 12.3 Å². The number of nitrogens with zero attached hydrogens (tertiary/aromatic N) is 3. The Balaban J connectivity index is 1.68. The minimum atomic E-state index is -0.180. The highest BCUT2D eigenvalue weighted by Gasteiger charge is 2.07. The number of aromatic hydroxyl groups is 1. The molecule has 1 N–H and O–H groups in total. The molecule has 6 nitrogen and oxygen atoms in total. The molecule has 0 unspecified atom stereocenters. The van der Waals surface area contributed by atoms with E-state index < -0.39 is 0 Å². The zero-order valence-electron chi connectivity index (χ0n) is 13.9. The summed E-state index contributed by atoms with van der Waals surface area (Å²) in [6.07, 6.45) is 2.66. The molecule has 0 atom stereocenters. The standard InChI is InChI=1S/C19H19N3O3/c1-2-25-18(24)12-5-14-3-6-15(7-4-14)19-20-13-22(21-19)16-8-10-17(23)11-9-16/h3-4,6-11,13,23H,2,5,12H2,1H3. The van der Waals surface area contributed by atoms with Crippen LogP contribution in [0.1, 0.15) is 18.9 Å². The summed E-state index contributed by atoms with van der Waals surface area (Å²) in [6, 6.07) is 14.6. The second kappa shape index (κ2) is 7.61. The lowest BCUT2D eigenvalue weighted by atomic mass is 10.1. The highest BCUT2D eigenvalue weighted by atomic mass is 16.5. The van der Waals surface area contributed by atoms with Gasteiger partial charge in [-0.3, -0.25) is 4.79 Å². The van der Waals surface area contributed by atoms with Crippen LogP contribution in [0.15, 0.2) is 54.9 Å². The van der Waals surface area contributed by atoms with E-state index in [4.69, 9.17) is 4.74 Å². The minimum absolute atomic E-state index is 0.180. The van der Waals surface area contributed by atoms with E-state index in [1.165, 1.54) is 0 Å². The Kier molecular flexibility index (Phi) is 5.09. The quantitative estimate of drug-likeness (QED) is 0.699. The molecule has 1 aromatic heterocycles. The number of benzene rings is 2. The van der Waals surface area contributed by atoms with Crippen LogP contribution < -0.4 is 0 Å². The van der Waals surface area contributed by atoms with Gasteiger partial charge >= 0.3 is 5.97 Å². The van der Waals surface area contributed by atoms with Gasteiger partial charge in [0.25, 0.3) is 0 Å². The lowest BCUT2D eigenvalue weighted by Crippen LogP contribution is -2.05. The summed E-state index contributed by atoms with van der Waals surface area (Å²) in [5, 5.41) is 13.8. The number of esters is 1. The molecular weight excluding hydrogens is 318 g/mol. The van der Waals surface area contributed by atoms with Crippen molar-refractivity contribution >= 4 is 5.97 Å². The maximum Gasteiger partial charge on any atom is 0.306 e. The number of phenols is 1. The summed E-state index contributed by atoms with van der Waals surface area (Å²) < 4.78 is 6.59. The van der Waals surface area contributed by atoms with Crippen molar-refractivity contribution in [2.75, 3.05) is 6.61 Å². The van der Waals surface area contributed by atoms with Gasteiger partial charge in [-0.25, -0.2) is 9.67 Å². The number of carbonyl (C=O) groups is 1. The second-order valence-corrected chi connectivity index (χ2v) is 5.53. The van der Waals surface area contributed by atoms with E-state index in [9.17, 15) is 9.90 Å². The highest BCUT2D eigenvalue weighted by Crippen LogP contribution is 2.18. The summed E-state index contributed by atoms with van der Waals surface area (Å²) in [4.78, 5) is 15.7. The first-order valence-electron chi connectivity index (χ1n) is 8.11. The molecular formula is C19H19N3O3. The molecule has 0 radical (unpaired) electrons. The van der Waals surface area contributed by atoms with Crippen molar-refractivity contribution in [3.05, 3.63) is 60.4 Å². The van der Waals surface area contributed by atoms with Crippen molar-refractivity contribution in [2.45, 2.75) is 19.8 Å². The number of rotatable bonds is 6. The van der Waals surface area contributed by atoms with Gasteiger partial charge in [-0.2, -0.15) is 0 Å². The van der Waals surface area contributed by atoms with Gasteiger partial charge in [0.2, 0.25) is 0 Å². The molecule has 0 amide bonds. The van der Waals surface area contributed by atoms with Crippen LogP contribution in [0.4, 0.5) is 0 Å². The van der Waals surface area contributed by atoms with Crippen LogP contribution in [0.2, 0.25) is 0 Å². The van der Waals surface area contributed by atoms with E-state index >= 15 is 0 Å². The van der Waals surface area contributed by atoms with Gasteiger partial charge in [0.15, 0.2) is 5.82 Å². The molecule has 0 saturated heterocycles. The van der Waals surface area contributed by atoms with Crippen molar-refractivity contribution in [1.29, 1.82) is 0 Å². The van der Waals surface area contributed by atoms with Crippen LogP contribution in [0, 0.1) is 0 Å². The number of phenolic OH excluding ortho intramolecular Hbond substituents is 1.